The molecular weight excluding hydrogens is 302 g/mol. The first-order valence-electron chi connectivity index (χ1n) is 8.48. The van der Waals surface area contributed by atoms with Crippen LogP contribution >= 0.6 is 11.8 Å². The van der Waals surface area contributed by atoms with Crippen LogP contribution in [-0.2, 0) is 0 Å². The topological polar surface area (TPSA) is 18.5 Å². The van der Waals surface area contributed by atoms with Gasteiger partial charge in [0.2, 0.25) is 0 Å². The summed E-state index contributed by atoms with van der Waals surface area (Å²) in [5.74, 6) is 0. The molecule has 0 saturated carbocycles. The van der Waals surface area contributed by atoms with E-state index < -0.39 is 0 Å². The highest BCUT2D eigenvalue weighted by molar-refractivity contribution is 7.99. The van der Waals surface area contributed by atoms with Crippen LogP contribution in [-0.4, -0.2) is 44.2 Å². The average molecular weight is 325 g/mol. The minimum atomic E-state index is 1.08. The zero-order valence-corrected chi connectivity index (χ0v) is 14.2. The zero-order valence-electron chi connectivity index (χ0n) is 13.4. The van der Waals surface area contributed by atoms with Crippen LogP contribution in [0.5, 0.6) is 0 Å². The fraction of sp³-hybridized carbons (Fsp3) is 0.368. The number of nitrogens with zero attached hydrogens (tertiary/aromatic N) is 2. The molecule has 0 atom stereocenters. The summed E-state index contributed by atoms with van der Waals surface area (Å²) in [6.45, 7) is 6.90. The highest BCUT2D eigenvalue weighted by atomic mass is 32.2. The summed E-state index contributed by atoms with van der Waals surface area (Å²) in [7, 11) is 0. The van der Waals surface area contributed by atoms with E-state index in [0.29, 0.717) is 0 Å². The van der Waals surface area contributed by atoms with Crippen molar-refractivity contribution in [2.75, 3.05) is 44.2 Å². The molecule has 3 nitrogen and oxygen atoms in total. The third-order valence-electron chi connectivity index (χ3n) is 4.60. The number of piperazine rings is 1. The van der Waals surface area contributed by atoms with E-state index in [1.54, 1.807) is 0 Å². The first-order chi connectivity index (χ1) is 11.4. The van der Waals surface area contributed by atoms with Gasteiger partial charge >= 0.3 is 0 Å². The quantitative estimate of drug-likeness (QED) is 0.925. The first kappa shape index (κ1) is 15.1. The van der Waals surface area contributed by atoms with Crippen LogP contribution in [0.1, 0.15) is 6.42 Å². The van der Waals surface area contributed by atoms with E-state index >= 15 is 0 Å². The van der Waals surface area contributed by atoms with Crippen molar-refractivity contribution in [3.63, 3.8) is 0 Å². The van der Waals surface area contributed by atoms with Gasteiger partial charge in [0, 0.05) is 42.5 Å². The molecule has 1 N–H and O–H groups in total. The van der Waals surface area contributed by atoms with Crippen molar-refractivity contribution in [1.82, 2.24) is 10.2 Å². The van der Waals surface area contributed by atoms with Gasteiger partial charge in [-0.05, 0) is 37.2 Å². The Bertz CT molecular complexity index is 622. The molecule has 4 rings (SSSR count). The van der Waals surface area contributed by atoms with Gasteiger partial charge in [0.05, 0.1) is 11.4 Å². The van der Waals surface area contributed by atoms with E-state index in [1.165, 1.54) is 47.2 Å². The molecule has 0 aliphatic carbocycles. The number of rotatable bonds is 4. The van der Waals surface area contributed by atoms with Gasteiger partial charge in [-0.2, -0.15) is 0 Å². The zero-order chi connectivity index (χ0) is 15.5. The number of para-hydroxylation sites is 2. The second-order valence-corrected chi connectivity index (χ2v) is 7.22. The monoisotopic (exact) mass is 325 g/mol. The Morgan fingerprint density at radius 1 is 0.826 bits per heavy atom. The largest absolute Gasteiger partial charge is 0.340 e. The lowest BCUT2D eigenvalue weighted by Crippen LogP contribution is -2.44. The number of fused-ring (bicyclic) bond motifs is 2. The summed E-state index contributed by atoms with van der Waals surface area (Å²) in [5.41, 5.74) is 2.72. The van der Waals surface area contributed by atoms with Crippen LogP contribution < -0.4 is 10.2 Å². The third-order valence-corrected chi connectivity index (χ3v) is 5.73. The molecule has 120 valence electrons. The summed E-state index contributed by atoms with van der Waals surface area (Å²) < 4.78 is 0. The van der Waals surface area contributed by atoms with Crippen molar-refractivity contribution in [2.24, 2.45) is 0 Å². The maximum atomic E-state index is 3.43. The van der Waals surface area contributed by atoms with E-state index in [0.717, 1.165) is 19.6 Å². The van der Waals surface area contributed by atoms with Crippen molar-refractivity contribution in [3.05, 3.63) is 48.5 Å². The summed E-state index contributed by atoms with van der Waals surface area (Å²) in [6.07, 6.45) is 1.20. The lowest BCUT2D eigenvalue weighted by atomic mass is 10.2. The molecule has 1 fully saturated rings. The SMILES string of the molecule is c1ccc2c(c1)Sc1ccccc1N2CCCN1CCNCC1. The Morgan fingerprint density at radius 3 is 2.09 bits per heavy atom. The van der Waals surface area contributed by atoms with Gasteiger partial charge in [0.25, 0.3) is 0 Å². The van der Waals surface area contributed by atoms with Crippen LogP contribution in [0.15, 0.2) is 58.3 Å². The predicted molar refractivity (Wildman–Crippen MR) is 97.9 cm³/mol. The molecule has 2 aliphatic heterocycles. The van der Waals surface area contributed by atoms with Crippen LogP contribution in [0.4, 0.5) is 11.4 Å². The minimum absolute atomic E-state index is 1.08. The summed E-state index contributed by atoms with van der Waals surface area (Å²) in [5, 5.41) is 3.43. The Hall–Kier alpha value is -1.49. The van der Waals surface area contributed by atoms with Crippen molar-refractivity contribution < 1.29 is 0 Å². The molecule has 0 radical (unpaired) electrons. The Labute approximate surface area is 142 Å². The van der Waals surface area contributed by atoms with E-state index in [9.17, 15) is 0 Å². The van der Waals surface area contributed by atoms with Crippen LogP contribution in [0, 0.1) is 0 Å². The standard InChI is InChI=1S/C19H23N3S/c1-3-8-18-16(6-1)22(17-7-2-4-9-19(17)23-18)13-5-12-21-14-10-20-11-15-21/h1-4,6-9,20H,5,10-15H2. The van der Waals surface area contributed by atoms with Gasteiger partial charge in [-0.15, -0.1) is 0 Å². The van der Waals surface area contributed by atoms with Crippen LogP contribution in [0.25, 0.3) is 0 Å². The Kier molecular flexibility index (Phi) is 4.55. The molecule has 23 heavy (non-hydrogen) atoms. The second kappa shape index (κ2) is 6.95. The smallest absolute Gasteiger partial charge is 0.0552 e. The molecule has 2 heterocycles. The van der Waals surface area contributed by atoms with Crippen molar-refractivity contribution >= 4 is 23.1 Å². The Morgan fingerprint density at radius 2 is 1.43 bits per heavy atom. The normalized spacial score (nSPS) is 17.7. The number of anilines is 2. The number of hydrogen-bond donors (Lipinski definition) is 1. The van der Waals surface area contributed by atoms with Gasteiger partial charge in [-0.3, -0.25) is 0 Å². The highest BCUT2D eigenvalue weighted by Gasteiger charge is 2.22. The fourth-order valence-corrected chi connectivity index (χ4v) is 4.50. The van der Waals surface area contributed by atoms with Gasteiger partial charge in [0.15, 0.2) is 0 Å². The van der Waals surface area contributed by atoms with Crippen LogP contribution in [0.2, 0.25) is 0 Å². The van der Waals surface area contributed by atoms with Gasteiger partial charge in [-0.25, -0.2) is 0 Å². The van der Waals surface area contributed by atoms with Crippen molar-refractivity contribution in [1.29, 1.82) is 0 Å². The molecule has 0 amide bonds. The molecule has 2 aliphatic rings. The van der Waals surface area contributed by atoms with Crippen molar-refractivity contribution in [2.45, 2.75) is 16.2 Å². The molecule has 0 bridgehead atoms. The molecular formula is C19H23N3S. The molecule has 4 heteroatoms. The lowest BCUT2D eigenvalue weighted by molar-refractivity contribution is 0.239. The van der Waals surface area contributed by atoms with Crippen LogP contribution in [0.3, 0.4) is 0 Å². The van der Waals surface area contributed by atoms with E-state index in [4.69, 9.17) is 0 Å². The summed E-state index contributed by atoms with van der Waals surface area (Å²) in [6, 6.07) is 17.6. The number of benzene rings is 2. The Balaban J connectivity index is 1.50. The maximum absolute atomic E-state index is 3.43. The molecule has 0 spiro atoms. The third kappa shape index (κ3) is 3.25. The number of nitrogens with one attached hydrogen (secondary N) is 1. The molecule has 2 aromatic rings. The molecule has 0 aromatic heterocycles. The average Bonchev–Trinajstić information content (AvgIpc) is 2.62. The van der Waals surface area contributed by atoms with Gasteiger partial charge in [0.1, 0.15) is 0 Å². The van der Waals surface area contributed by atoms with E-state index in [2.05, 4.69) is 63.6 Å². The van der Waals surface area contributed by atoms with Gasteiger partial charge < -0.3 is 15.1 Å². The molecule has 0 unspecified atom stereocenters. The van der Waals surface area contributed by atoms with E-state index in [-0.39, 0.29) is 0 Å². The molecule has 2 aromatic carbocycles. The minimum Gasteiger partial charge on any atom is -0.340 e. The summed E-state index contributed by atoms with van der Waals surface area (Å²) >= 11 is 1.89. The van der Waals surface area contributed by atoms with Crippen molar-refractivity contribution in [3.8, 4) is 0 Å². The highest BCUT2D eigenvalue weighted by Crippen LogP contribution is 2.47. The fourth-order valence-electron chi connectivity index (χ4n) is 3.41. The number of hydrogen-bond acceptors (Lipinski definition) is 4. The second-order valence-electron chi connectivity index (χ2n) is 6.13. The molecule has 1 saturated heterocycles. The predicted octanol–water partition coefficient (Wildman–Crippen LogP) is 3.58. The lowest BCUT2D eigenvalue weighted by Gasteiger charge is -2.34. The summed E-state index contributed by atoms with van der Waals surface area (Å²) in [4.78, 5) is 7.82. The first-order valence-corrected chi connectivity index (χ1v) is 9.30. The maximum Gasteiger partial charge on any atom is 0.0552 e. The van der Waals surface area contributed by atoms with E-state index in [1.807, 2.05) is 11.8 Å². The van der Waals surface area contributed by atoms with Gasteiger partial charge in [-0.1, -0.05) is 36.0 Å².